The van der Waals surface area contributed by atoms with Gasteiger partial charge in [-0.2, -0.15) is 0 Å². The van der Waals surface area contributed by atoms with Crippen LogP contribution in [0.3, 0.4) is 0 Å². The van der Waals surface area contributed by atoms with Crippen molar-refractivity contribution in [3.8, 4) is 11.1 Å². The van der Waals surface area contributed by atoms with Crippen molar-refractivity contribution in [3.63, 3.8) is 0 Å². The normalized spacial score (nSPS) is 22.0. The van der Waals surface area contributed by atoms with Crippen LogP contribution in [0.4, 0.5) is 4.39 Å². The molecule has 2 atom stereocenters. The van der Waals surface area contributed by atoms with Crippen molar-refractivity contribution in [1.82, 2.24) is 4.90 Å². The van der Waals surface area contributed by atoms with E-state index in [2.05, 4.69) is 0 Å². The lowest BCUT2D eigenvalue weighted by Crippen LogP contribution is -2.35. The average molecular weight is 348 g/mol. The van der Waals surface area contributed by atoms with Crippen LogP contribution in [0.5, 0.6) is 0 Å². The van der Waals surface area contributed by atoms with E-state index in [1.54, 1.807) is 54.3 Å². The van der Waals surface area contributed by atoms with Gasteiger partial charge in [0.25, 0.3) is 0 Å². The van der Waals surface area contributed by atoms with Crippen LogP contribution < -0.4 is 0 Å². The highest BCUT2D eigenvalue weighted by atomic mass is 35.5. The molecule has 2 aromatic rings. The zero-order valence-corrected chi connectivity index (χ0v) is 14.1. The zero-order valence-electron chi connectivity index (χ0n) is 13.4. The second-order valence-electron chi connectivity index (χ2n) is 6.40. The number of amides is 1. The van der Waals surface area contributed by atoms with Crippen LogP contribution in [0, 0.1) is 11.2 Å². The fraction of sp³-hybridized carbons (Fsp3) is 0.316. The van der Waals surface area contributed by atoms with Crippen LogP contribution in [-0.4, -0.2) is 29.1 Å². The second-order valence-corrected chi connectivity index (χ2v) is 6.82. The quantitative estimate of drug-likeness (QED) is 0.671. The van der Waals surface area contributed by atoms with Crippen LogP contribution >= 0.6 is 11.6 Å². The number of aliphatic hydroxyl groups is 1. The summed E-state index contributed by atoms with van der Waals surface area (Å²) < 4.78 is 13.9. The lowest BCUT2D eigenvalue weighted by molar-refractivity contribution is -0.137. The Labute approximate surface area is 145 Å². The van der Waals surface area contributed by atoms with Crippen molar-refractivity contribution in [2.24, 2.45) is 5.41 Å². The van der Waals surface area contributed by atoms with Gasteiger partial charge in [-0.25, -0.2) is 4.39 Å². The first-order valence-electron chi connectivity index (χ1n) is 7.87. The number of halogens is 2. The Bertz CT molecular complexity index is 749. The molecule has 0 aliphatic carbocycles. The maximum atomic E-state index is 13.9. The summed E-state index contributed by atoms with van der Waals surface area (Å²) >= 11 is 6.47. The summed E-state index contributed by atoms with van der Waals surface area (Å²) in [6, 6.07) is 13.8. The van der Waals surface area contributed by atoms with Gasteiger partial charge in [0.1, 0.15) is 11.3 Å². The second kappa shape index (κ2) is 6.54. The van der Waals surface area contributed by atoms with E-state index in [0.29, 0.717) is 18.5 Å². The molecule has 5 heteroatoms. The van der Waals surface area contributed by atoms with Crippen molar-refractivity contribution < 1.29 is 14.3 Å². The third kappa shape index (κ3) is 2.92. The summed E-state index contributed by atoms with van der Waals surface area (Å²) in [4.78, 5) is 14.0. The summed E-state index contributed by atoms with van der Waals surface area (Å²) in [5.41, 5.74) is 0.710. The van der Waals surface area contributed by atoms with Gasteiger partial charge >= 0.3 is 0 Å². The van der Waals surface area contributed by atoms with Crippen molar-refractivity contribution in [2.75, 3.05) is 13.2 Å². The Balaban J connectivity index is 1.81. The van der Waals surface area contributed by atoms with Gasteiger partial charge in [-0.05, 0) is 30.5 Å². The van der Waals surface area contributed by atoms with Gasteiger partial charge in [-0.15, -0.1) is 0 Å². The first-order chi connectivity index (χ1) is 11.5. The summed E-state index contributed by atoms with van der Waals surface area (Å²) in [5, 5.41) is 9.43. The highest BCUT2D eigenvalue weighted by molar-refractivity contribution is 6.21. The number of aliphatic hydroxyl groups excluding tert-OH is 1. The van der Waals surface area contributed by atoms with Gasteiger partial charge in [-0.1, -0.05) is 54.1 Å². The van der Waals surface area contributed by atoms with Crippen molar-refractivity contribution in [3.05, 3.63) is 59.9 Å². The maximum Gasteiger partial charge on any atom is 0.232 e. The van der Waals surface area contributed by atoms with Crippen LogP contribution in [0.2, 0.25) is 0 Å². The Hall–Kier alpha value is -1.91. The van der Waals surface area contributed by atoms with Crippen molar-refractivity contribution >= 4 is 17.5 Å². The Morgan fingerprint density at radius 3 is 2.50 bits per heavy atom. The minimum Gasteiger partial charge on any atom is -0.395 e. The molecule has 3 nitrogen and oxygen atoms in total. The van der Waals surface area contributed by atoms with Crippen LogP contribution in [0.1, 0.15) is 24.4 Å². The minimum atomic E-state index is -0.750. The molecule has 2 aromatic carbocycles. The molecule has 1 aliphatic rings. The molecular formula is C19H19ClFNO2. The molecule has 3 rings (SSSR count). The molecule has 1 saturated heterocycles. The summed E-state index contributed by atoms with van der Waals surface area (Å²) in [6.45, 7) is 2.08. The van der Waals surface area contributed by atoms with Crippen LogP contribution in [0.15, 0.2) is 48.5 Å². The number of hydrogen-bond acceptors (Lipinski definition) is 2. The number of likely N-dealkylation sites (tertiary alicyclic amines) is 1. The predicted molar refractivity (Wildman–Crippen MR) is 92.0 cm³/mol. The number of carbonyl (C=O) groups is 1. The van der Waals surface area contributed by atoms with E-state index in [9.17, 15) is 14.3 Å². The number of benzene rings is 2. The molecular weight excluding hydrogens is 329 g/mol. The SMILES string of the molecule is CC1(CO)CCN(C(Cl)c2ccc(-c3ccccc3F)cc2)C1=O. The van der Waals surface area contributed by atoms with Crippen LogP contribution in [0.25, 0.3) is 11.1 Å². The number of hydrogen-bond donors (Lipinski definition) is 1. The first-order valence-corrected chi connectivity index (χ1v) is 8.31. The van der Waals surface area contributed by atoms with E-state index in [4.69, 9.17) is 11.6 Å². The number of carbonyl (C=O) groups excluding carboxylic acids is 1. The van der Waals surface area contributed by atoms with E-state index < -0.39 is 10.9 Å². The van der Waals surface area contributed by atoms with Crippen LogP contribution in [-0.2, 0) is 4.79 Å². The lowest BCUT2D eigenvalue weighted by Gasteiger charge is -2.25. The Kier molecular flexibility index (Phi) is 4.61. The van der Waals surface area contributed by atoms with E-state index in [0.717, 1.165) is 11.1 Å². The Morgan fingerprint density at radius 2 is 1.92 bits per heavy atom. The van der Waals surface area contributed by atoms with E-state index in [-0.39, 0.29) is 18.3 Å². The smallest absolute Gasteiger partial charge is 0.232 e. The molecule has 0 bridgehead atoms. The van der Waals surface area contributed by atoms with Crippen molar-refractivity contribution in [2.45, 2.75) is 18.8 Å². The minimum absolute atomic E-state index is 0.136. The van der Waals surface area contributed by atoms with E-state index in [1.165, 1.54) is 6.07 Å². The molecule has 0 spiro atoms. The van der Waals surface area contributed by atoms with Gasteiger partial charge in [0.15, 0.2) is 0 Å². The summed E-state index contributed by atoms with van der Waals surface area (Å²) in [5.74, 6) is -0.413. The first kappa shape index (κ1) is 16.9. The molecule has 0 aromatic heterocycles. The maximum absolute atomic E-state index is 13.9. The fourth-order valence-electron chi connectivity index (χ4n) is 2.98. The predicted octanol–water partition coefficient (Wildman–Crippen LogP) is 3.96. The van der Waals surface area contributed by atoms with Crippen molar-refractivity contribution in [1.29, 1.82) is 0 Å². The molecule has 126 valence electrons. The molecule has 1 fully saturated rings. The fourth-order valence-corrected chi connectivity index (χ4v) is 3.31. The topological polar surface area (TPSA) is 40.5 Å². The number of nitrogens with zero attached hydrogens (tertiary/aromatic N) is 1. The molecule has 0 radical (unpaired) electrons. The third-order valence-corrected chi connectivity index (χ3v) is 5.16. The highest BCUT2D eigenvalue weighted by Gasteiger charge is 2.44. The molecule has 1 N–H and O–H groups in total. The van der Waals surface area contributed by atoms with E-state index >= 15 is 0 Å². The largest absolute Gasteiger partial charge is 0.395 e. The van der Waals surface area contributed by atoms with E-state index in [1.807, 2.05) is 0 Å². The molecule has 1 amide bonds. The molecule has 1 aliphatic heterocycles. The molecule has 24 heavy (non-hydrogen) atoms. The highest BCUT2D eigenvalue weighted by Crippen LogP contribution is 2.38. The van der Waals surface area contributed by atoms with Gasteiger partial charge in [0.2, 0.25) is 5.91 Å². The van der Waals surface area contributed by atoms with Gasteiger partial charge in [0, 0.05) is 12.1 Å². The van der Waals surface area contributed by atoms with Gasteiger partial charge in [-0.3, -0.25) is 4.79 Å². The standard InChI is InChI=1S/C19H19ClFNO2/c1-19(12-23)10-11-22(18(19)24)17(20)14-8-6-13(7-9-14)15-4-2-3-5-16(15)21/h2-9,17,23H,10-12H2,1H3. The lowest BCUT2D eigenvalue weighted by atomic mass is 9.90. The molecule has 1 heterocycles. The zero-order chi connectivity index (χ0) is 17.3. The monoisotopic (exact) mass is 347 g/mol. The van der Waals surface area contributed by atoms with Gasteiger partial charge in [0.05, 0.1) is 12.0 Å². The van der Waals surface area contributed by atoms with Gasteiger partial charge < -0.3 is 10.0 Å². The third-order valence-electron chi connectivity index (χ3n) is 4.67. The summed E-state index contributed by atoms with van der Waals surface area (Å²) in [7, 11) is 0. The molecule has 2 unspecified atom stereocenters. The number of rotatable bonds is 4. The molecule has 0 saturated carbocycles. The average Bonchev–Trinajstić information content (AvgIpc) is 2.91. The summed E-state index contributed by atoms with van der Waals surface area (Å²) in [6.07, 6.45) is 0.582. The Morgan fingerprint density at radius 1 is 1.25 bits per heavy atom. The number of alkyl halides is 1.